The van der Waals surface area contributed by atoms with Gasteiger partial charge in [-0.2, -0.15) is 5.26 Å². The topological polar surface area (TPSA) is 158 Å². The van der Waals surface area contributed by atoms with Gasteiger partial charge in [-0.15, -0.1) is 0 Å². The molecule has 2 saturated heterocycles. The molecule has 2 aliphatic rings. The molecule has 0 radical (unpaired) electrons. The van der Waals surface area contributed by atoms with Crippen LogP contribution in [0.1, 0.15) is 72.6 Å². The minimum absolute atomic E-state index is 0.0312. The van der Waals surface area contributed by atoms with Crippen LogP contribution in [0, 0.1) is 11.3 Å². The second-order valence-corrected chi connectivity index (χ2v) is 11.9. The lowest BCUT2D eigenvalue weighted by Gasteiger charge is -2.32. The van der Waals surface area contributed by atoms with Crippen LogP contribution in [0.5, 0.6) is 0 Å². The average Bonchev–Trinajstić information content (AvgIpc) is 3.45. The molecule has 6 heterocycles. The van der Waals surface area contributed by atoms with Crippen LogP contribution in [0.3, 0.4) is 0 Å². The van der Waals surface area contributed by atoms with Crippen molar-refractivity contribution in [2.24, 2.45) is 0 Å². The van der Waals surface area contributed by atoms with Crippen molar-refractivity contribution in [1.29, 1.82) is 5.26 Å². The monoisotopic (exact) mass is 605 g/mol. The number of carbonyl (C=O) groups is 3. The predicted molar refractivity (Wildman–Crippen MR) is 167 cm³/mol. The molecule has 0 aliphatic carbocycles. The van der Waals surface area contributed by atoms with Gasteiger partial charge in [-0.1, -0.05) is 0 Å². The van der Waals surface area contributed by atoms with Gasteiger partial charge in [0.1, 0.15) is 17.5 Å². The summed E-state index contributed by atoms with van der Waals surface area (Å²) in [6.07, 6.45) is 9.13. The minimum Gasteiger partial charge on any atom is -0.382 e. The van der Waals surface area contributed by atoms with Gasteiger partial charge in [0.05, 0.1) is 28.4 Å². The third kappa shape index (κ3) is 6.68. The van der Waals surface area contributed by atoms with E-state index in [2.05, 4.69) is 41.9 Å². The molecule has 4 aromatic rings. The molecule has 230 valence electrons. The summed E-state index contributed by atoms with van der Waals surface area (Å²) in [6, 6.07) is 11.7. The van der Waals surface area contributed by atoms with Gasteiger partial charge in [0.2, 0.25) is 11.8 Å². The molecule has 12 heteroatoms. The summed E-state index contributed by atoms with van der Waals surface area (Å²) in [5.41, 5.74) is 4.09. The van der Waals surface area contributed by atoms with E-state index in [1.165, 1.54) is 6.20 Å². The average molecular weight is 606 g/mol. The molecule has 3 amide bonds. The first-order valence-electron chi connectivity index (χ1n) is 15.2. The lowest BCUT2D eigenvalue weighted by molar-refractivity contribution is -0.134. The SMILES string of the molecule is CC(C)Nc1cc(-n2ccc3cc(C#N)cnc32)ncc1C(=O)NC1CCN(Cc2ccnc(C3CCC(=O)NC3=O)c2)CC1. The minimum atomic E-state index is -0.404. The van der Waals surface area contributed by atoms with Crippen LogP contribution in [0.2, 0.25) is 0 Å². The molecule has 2 aliphatic heterocycles. The Morgan fingerprint density at radius 2 is 1.91 bits per heavy atom. The number of rotatable bonds is 8. The Labute approximate surface area is 260 Å². The van der Waals surface area contributed by atoms with Crippen molar-refractivity contribution < 1.29 is 14.4 Å². The van der Waals surface area contributed by atoms with Crippen molar-refractivity contribution in [2.75, 3.05) is 18.4 Å². The number of amides is 3. The van der Waals surface area contributed by atoms with Crippen LogP contribution >= 0.6 is 0 Å². The summed E-state index contributed by atoms with van der Waals surface area (Å²) in [5.74, 6) is -0.476. The molecule has 12 nitrogen and oxygen atoms in total. The molecule has 0 aromatic carbocycles. The zero-order valence-electron chi connectivity index (χ0n) is 25.3. The van der Waals surface area contributed by atoms with Gasteiger partial charge in [-0.05, 0) is 62.9 Å². The van der Waals surface area contributed by atoms with Gasteiger partial charge >= 0.3 is 0 Å². The van der Waals surface area contributed by atoms with E-state index in [1.807, 2.05) is 48.9 Å². The number of anilines is 1. The molecule has 0 spiro atoms. The van der Waals surface area contributed by atoms with E-state index in [1.54, 1.807) is 18.5 Å². The third-order valence-electron chi connectivity index (χ3n) is 8.25. The largest absolute Gasteiger partial charge is 0.382 e. The van der Waals surface area contributed by atoms with E-state index in [-0.39, 0.29) is 29.8 Å². The van der Waals surface area contributed by atoms with Crippen molar-refractivity contribution >= 4 is 34.4 Å². The zero-order valence-corrected chi connectivity index (χ0v) is 25.3. The van der Waals surface area contributed by atoms with Crippen LogP contribution in [0.15, 0.2) is 55.1 Å². The number of fused-ring (bicyclic) bond motifs is 1. The summed E-state index contributed by atoms with van der Waals surface area (Å²) < 4.78 is 1.84. The Kier molecular flexibility index (Phi) is 8.53. The zero-order chi connectivity index (χ0) is 31.5. The second kappa shape index (κ2) is 12.8. The molecular weight excluding hydrogens is 570 g/mol. The Morgan fingerprint density at radius 3 is 2.67 bits per heavy atom. The number of carbonyl (C=O) groups excluding carboxylic acids is 3. The third-order valence-corrected chi connectivity index (χ3v) is 8.25. The van der Waals surface area contributed by atoms with E-state index in [0.29, 0.717) is 46.8 Å². The Balaban J connectivity index is 1.09. The molecule has 4 aromatic heterocycles. The number of pyridine rings is 3. The maximum atomic E-state index is 13.5. The van der Waals surface area contributed by atoms with Crippen LogP contribution in [-0.4, -0.2) is 67.3 Å². The quantitative estimate of drug-likeness (QED) is 0.256. The second-order valence-electron chi connectivity index (χ2n) is 11.9. The highest BCUT2D eigenvalue weighted by Gasteiger charge is 2.29. The first kappa shape index (κ1) is 29.9. The first-order valence-corrected chi connectivity index (χ1v) is 15.2. The predicted octanol–water partition coefficient (Wildman–Crippen LogP) is 3.42. The van der Waals surface area contributed by atoms with Gasteiger partial charge in [0.25, 0.3) is 5.91 Å². The van der Waals surface area contributed by atoms with Gasteiger partial charge in [0.15, 0.2) is 0 Å². The number of nitrogens with zero attached hydrogens (tertiary/aromatic N) is 6. The molecular formula is C33H35N9O3. The number of aromatic nitrogens is 4. The summed E-state index contributed by atoms with van der Waals surface area (Å²) in [5, 5.41) is 19.1. The number of nitriles is 1. The summed E-state index contributed by atoms with van der Waals surface area (Å²) >= 11 is 0. The van der Waals surface area contributed by atoms with Crippen LogP contribution in [0.4, 0.5) is 5.69 Å². The molecule has 6 rings (SSSR count). The van der Waals surface area contributed by atoms with E-state index >= 15 is 0 Å². The highest BCUT2D eigenvalue weighted by Crippen LogP contribution is 2.26. The lowest BCUT2D eigenvalue weighted by Crippen LogP contribution is -2.44. The van der Waals surface area contributed by atoms with E-state index in [4.69, 9.17) is 0 Å². The van der Waals surface area contributed by atoms with Crippen LogP contribution in [-0.2, 0) is 16.1 Å². The molecule has 0 bridgehead atoms. The number of imide groups is 1. The first-order chi connectivity index (χ1) is 21.8. The van der Waals surface area contributed by atoms with E-state index in [0.717, 1.165) is 43.4 Å². The van der Waals surface area contributed by atoms with Crippen molar-refractivity contribution in [2.45, 2.75) is 64.1 Å². The molecule has 1 unspecified atom stereocenters. The standard InChI is InChI=1S/C33H35N9O3/c1-20(2)38-28-15-29(42-12-6-23-13-22(16-34)17-37-31(23)42)36-18-26(28)33(45)39-24-7-10-41(11-8-24)19-21-5-9-35-27(14-21)25-3-4-30(43)40-32(25)44/h5-6,9,12-15,17-18,20,24-25H,3-4,7-8,10-11,19H2,1-2H3,(H,36,38)(H,39,45)(H,40,43,44). The highest BCUT2D eigenvalue weighted by molar-refractivity contribution is 6.01. The molecule has 0 saturated carbocycles. The van der Waals surface area contributed by atoms with Gasteiger partial charge in [0, 0.05) is 74.4 Å². The fourth-order valence-corrected chi connectivity index (χ4v) is 5.97. The van der Waals surface area contributed by atoms with E-state index < -0.39 is 5.92 Å². The maximum absolute atomic E-state index is 13.5. The number of nitrogens with one attached hydrogen (secondary N) is 3. The van der Waals surface area contributed by atoms with Gasteiger partial charge in [-0.25, -0.2) is 9.97 Å². The van der Waals surface area contributed by atoms with Gasteiger partial charge in [-0.3, -0.25) is 34.2 Å². The van der Waals surface area contributed by atoms with Gasteiger partial charge < -0.3 is 10.6 Å². The van der Waals surface area contributed by atoms with Crippen molar-refractivity contribution in [3.63, 3.8) is 0 Å². The number of hydrogen-bond donors (Lipinski definition) is 3. The molecule has 3 N–H and O–H groups in total. The summed E-state index contributed by atoms with van der Waals surface area (Å²) in [7, 11) is 0. The fourth-order valence-electron chi connectivity index (χ4n) is 5.97. The molecule has 1 atom stereocenters. The normalized spacial score (nSPS) is 17.7. The fraction of sp³-hybridized carbons (Fsp3) is 0.364. The maximum Gasteiger partial charge on any atom is 0.255 e. The number of hydrogen-bond acceptors (Lipinski definition) is 9. The summed E-state index contributed by atoms with van der Waals surface area (Å²) in [4.78, 5) is 53.1. The number of likely N-dealkylation sites (tertiary alicyclic amines) is 1. The van der Waals surface area contributed by atoms with Crippen molar-refractivity contribution in [3.8, 4) is 11.9 Å². The Morgan fingerprint density at radius 1 is 1.09 bits per heavy atom. The Hall–Kier alpha value is -5.15. The summed E-state index contributed by atoms with van der Waals surface area (Å²) in [6.45, 7) is 6.39. The van der Waals surface area contributed by atoms with Crippen molar-refractivity contribution in [1.82, 2.24) is 35.1 Å². The van der Waals surface area contributed by atoms with Crippen LogP contribution < -0.4 is 16.0 Å². The highest BCUT2D eigenvalue weighted by atomic mass is 16.2. The smallest absolute Gasteiger partial charge is 0.255 e. The van der Waals surface area contributed by atoms with Crippen LogP contribution in [0.25, 0.3) is 16.9 Å². The number of piperidine rings is 2. The lowest BCUT2D eigenvalue weighted by atomic mass is 9.93. The molecule has 45 heavy (non-hydrogen) atoms. The molecule has 2 fully saturated rings. The van der Waals surface area contributed by atoms with Crippen molar-refractivity contribution in [3.05, 3.63) is 77.5 Å². The Bertz CT molecular complexity index is 1800. The van der Waals surface area contributed by atoms with E-state index in [9.17, 15) is 19.6 Å².